The Morgan fingerprint density at radius 3 is 3.00 bits per heavy atom. The molecule has 1 heterocycles. The van der Waals surface area contributed by atoms with Crippen LogP contribution in [0.25, 0.3) is 0 Å². The van der Waals surface area contributed by atoms with Crippen molar-refractivity contribution < 1.29 is 19.4 Å². The van der Waals surface area contributed by atoms with Crippen LogP contribution in [0.3, 0.4) is 0 Å². The van der Waals surface area contributed by atoms with E-state index < -0.39 is 18.0 Å². The Morgan fingerprint density at radius 1 is 1.71 bits per heavy atom. The Hall–Kier alpha value is -1.04. The van der Waals surface area contributed by atoms with E-state index in [2.05, 4.69) is 4.99 Å². The van der Waals surface area contributed by atoms with Crippen molar-refractivity contribution in [3.8, 4) is 0 Å². The number of aliphatic imine (C=N–C) groups is 1. The maximum absolute atomic E-state index is 11.2. The van der Waals surface area contributed by atoms with E-state index in [0.717, 1.165) is 0 Å². The number of carbonyl (C=O) groups excluding carboxylic acids is 1. The fourth-order valence-electron chi connectivity index (χ4n) is 1.01. The van der Waals surface area contributed by atoms with Gasteiger partial charge < -0.3 is 9.84 Å². The van der Waals surface area contributed by atoms with Gasteiger partial charge in [-0.2, -0.15) is 11.8 Å². The highest BCUT2D eigenvalue weighted by Crippen LogP contribution is 2.14. The minimum atomic E-state index is -1.06. The van der Waals surface area contributed by atoms with Crippen molar-refractivity contribution in [1.29, 1.82) is 0 Å². The van der Waals surface area contributed by atoms with Gasteiger partial charge in [0.25, 0.3) is 0 Å². The Morgan fingerprint density at radius 2 is 2.43 bits per heavy atom. The molecule has 78 valence electrons. The molecular weight excluding hydrogens is 206 g/mol. The summed E-state index contributed by atoms with van der Waals surface area (Å²) in [5.41, 5.74) is 0.0410. The summed E-state index contributed by atoms with van der Waals surface area (Å²) in [5, 5.41) is 8.67. The summed E-state index contributed by atoms with van der Waals surface area (Å²) < 4.78 is 4.76. The highest BCUT2D eigenvalue weighted by Gasteiger charge is 2.25. The van der Waals surface area contributed by atoms with Crippen LogP contribution in [-0.2, 0) is 14.3 Å². The second kappa shape index (κ2) is 4.99. The molecule has 0 saturated heterocycles. The first-order valence-corrected chi connectivity index (χ1v) is 5.35. The zero-order valence-corrected chi connectivity index (χ0v) is 8.54. The Balaban J connectivity index is 2.67. The van der Waals surface area contributed by atoms with Crippen molar-refractivity contribution in [3.63, 3.8) is 0 Å². The quantitative estimate of drug-likeness (QED) is 0.683. The van der Waals surface area contributed by atoms with Crippen molar-refractivity contribution in [2.75, 3.05) is 18.1 Å². The lowest BCUT2D eigenvalue weighted by Crippen LogP contribution is -2.32. The average Bonchev–Trinajstić information content (AvgIpc) is 2.18. The molecule has 5 nitrogen and oxygen atoms in total. The topological polar surface area (TPSA) is 76.0 Å². The molecule has 1 unspecified atom stereocenters. The number of hydrogen-bond acceptors (Lipinski definition) is 5. The van der Waals surface area contributed by atoms with E-state index in [1.807, 2.05) is 0 Å². The van der Waals surface area contributed by atoms with Gasteiger partial charge in [0.05, 0.1) is 6.61 Å². The molecule has 1 rings (SSSR count). The van der Waals surface area contributed by atoms with Gasteiger partial charge in [0.1, 0.15) is 5.71 Å². The van der Waals surface area contributed by atoms with Crippen LogP contribution in [0.1, 0.15) is 6.92 Å². The smallest absolute Gasteiger partial charge is 0.350 e. The summed E-state index contributed by atoms with van der Waals surface area (Å²) in [7, 11) is 0. The first-order chi connectivity index (χ1) is 6.65. The summed E-state index contributed by atoms with van der Waals surface area (Å²) in [6, 6.07) is -0.653. The van der Waals surface area contributed by atoms with Crippen LogP contribution in [0.5, 0.6) is 0 Å². The van der Waals surface area contributed by atoms with Crippen molar-refractivity contribution in [2.24, 2.45) is 4.99 Å². The summed E-state index contributed by atoms with van der Waals surface area (Å²) in [4.78, 5) is 25.6. The number of carboxylic acid groups (broad SMARTS) is 1. The monoisotopic (exact) mass is 217 g/mol. The molecule has 1 aliphatic heterocycles. The van der Waals surface area contributed by atoms with Gasteiger partial charge in [0.2, 0.25) is 0 Å². The lowest BCUT2D eigenvalue weighted by atomic mass is 10.3. The maximum Gasteiger partial charge on any atom is 0.350 e. The van der Waals surface area contributed by atoms with E-state index in [4.69, 9.17) is 9.84 Å². The molecule has 0 spiro atoms. The van der Waals surface area contributed by atoms with Crippen molar-refractivity contribution in [3.05, 3.63) is 0 Å². The largest absolute Gasteiger partial charge is 0.477 e. The molecule has 0 bridgehead atoms. The third-order valence-corrected chi connectivity index (χ3v) is 2.66. The third kappa shape index (κ3) is 2.73. The van der Waals surface area contributed by atoms with Crippen molar-refractivity contribution in [2.45, 2.75) is 13.0 Å². The van der Waals surface area contributed by atoms with Crippen molar-refractivity contribution >= 4 is 29.4 Å². The zero-order valence-electron chi connectivity index (χ0n) is 7.73. The van der Waals surface area contributed by atoms with Crippen LogP contribution in [0.4, 0.5) is 0 Å². The van der Waals surface area contributed by atoms with E-state index in [1.54, 1.807) is 6.92 Å². The first kappa shape index (κ1) is 11.0. The van der Waals surface area contributed by atoms with E-state index in [-0.39, 0.29) is 12.3 Å². The predicted molar refractivity (Wildman–Crippen MR) is 52.8 cm³/mol. The zero-order chi connectivity index (χ0) is 10.6. The third-order valence-electron chi connectivity index (χ3n) is 1.63. The molecule has 0 amide bonds. The minimum Gasteiger partial charge on any atom is -0.477 e. The number of aliphatic carboxylic acids is 1. The second-order valence-corrected chi connectivity index (χ2v) is 3.69. The number of rotatable bonds is 3. The molecule has 6 heteroatoms. The van der Waals surface area contributed by atoms with Gasteiger partial charge in [-0.25, -0.2) is 9.59 Å². The average molecular weight is 217 g/mol. The molecule has 0 fully saturated rings. The SMILES string of the molecule is CCOC(=O)C1CSCC(C(=O)O)=N1. The van der Waals surface area contributed by atoms with Gasteiger partial charge in [-0.05, 0) is 6.92 Å². The number of hydrogen-bond donors (Lipinski definition) is 1. The number of esters is 1. The van der Waals surface area contributed by atoms with Gasteiger partial charge in [0, 0.05) is 11.5 Å². The molecular formula is C8H11NO4S. The summed E-state index contributed by atoms with van der Waals surface area (Å²) in [6.45, 7) is 1.99. The van der Waals surface area contributed by atoms with Crippen LogP contribution < -0.4 is 0 Å². The standard InChI is InChI=1S/C8H11NO4S/c1-2-13-8(12)6-4-14-3-5(9-6)7(10)11/h6H,2-4H2,1H3,(H,10,11). The summed E-state index contributed by atoms with van der Waals surface area (Å²) in [5.74, 6) is -0.661. The van der Waals surface area contributed by atoms with Gasteiger partial charge in [-0.3, -0.25) is 4.99 Å². The molecule has 1 atom stereocenters. The highest BCUT2D eigenvalue weighted by atomic mass is 32.2. The lowest BCUT2D eigenvalue weighted by molar-refractivity contribution is -0.143. The molecule has 1 aliphatic rings. The highest BCUT2D eigenvalue weighted by molar-refractivity contribution is 8.00. The molecule has 1 N–H and O–H groups in total. The number of carbonyl (C=O) groups is 2. The number of carboxylic acids is 1. The van der Waals surface area contributed by atoms with Gasteiger partial charge in [-0.15, -0.1) is 0 Å². The van der Waals surface area contributed by atoms with Crippen LogP contribution >= 0.6 is 11.8 Å². The molecule has 0 aromatic heterocycles. The summed E-state index contributed by atoms with van der Waals surface area (Å²) in [6.07, 6.45) is 0. The summed E-state index contributed by atoms with van der Waals surface area (Å²) >= 11 is 1.38. The van der Waals surface area contributed by atoms with E-state index >= 15 is 0 Å². The molecule has 0 radical (unpaired) electrons. The number of ether oxygens (including phenoxy) is 1. The first-order valence-electron chi connectivity index (χ1n) is 4.19. The van der Waals surface area contributed by atoms with Crippen LogP contribution in [0.15, 0.2) is 4.99 Å². The van der Waals surface area contributed by atoms with E-state index in [0.29, 0.717) is 11.5 Å². The fourth-order valence-corrected chi connectivity index (χ4v) is 1.95. The normalized spacial score (nSPS) is 21.2. The van der Waals surface area contributed by atoms with E-state index in [1.165, 1.54) is 11.8 Å². The Labute approximate surface area is 85.5 Å². The second-order valence-electron chi connectivity index (χ2n) is 2.66. The van der Waals surface area contributed by atoms with Gasteiger partial charge in [-0.1, -0.05) is 0 Å². The fraction of sp³-hybridized carbons (Fsp3) is 0.625. The van der Waals surface area contributed by atoms with Crippen LogP contribution in [0.2, 0.25) is 0 Å². The minimum absolute atomic E-state index is 0.0410. The number of thioether (sulfide) groups is 1. The van der Waals surface area contributed by atoms with Gasteiger partial charge in [0.15, 0.2) is 6.04 Å². The molecule has 0 aromatic rings. The van der Waals surface area contributed by atoms with E-state index in [9.17, 15) is 9.59 Å². The molecule has 0 saturated carbocycles. The lowest BCUT2D eigenvalue weighted by Gasteiger charge is -2.16. The van der Waals surface area contributed by atoms with Crippen molar-refractivity contribution in [1.82, 2.24) is 0 Å². The Bertz CT molecular complexity index is 277. The Kier molecular flexibility index (Phi) is 3.94. The predicted octanol–water partition coefficient (Wildman–Crippen LogP) is 0.190. The maximum atomic E-state index is 11.2. The molecule has 0 aromatic carbocycles. The number of nitrogens with zero attached hydrogens (tertiary/aromatic N) is 1. The molecule has 0 aliphatic carbocycles. The molecule has 14 heavy (non-hydrogen) atoms. The van der Waals surface area contributed by atoms with Crippen LogP contribution in [0, 0.1) is 0 Å². The van der Waals surface area contributed by atoms with Crippen LogP contribution in [-0.4, -0.2) is 46.9 Å². The van der Waals surface area contributed by atoms with Gasteiger partial charge >= 0.3 is 11.9 Å².